The number of thiophene rings is 1. The van der Waals surface area contributed by atoms with Crippen LogP contribution in [0.15, 0.2) is 22.3 Å². The van der Waals surface area contributed by atoms with Crippen LogP contribution in [-0.2, 0) is 13.1 Å². The van der Waals surface area contributed by atoms with Gasteiger partial charge < -0.3 is 4.98 Å². The fourth-order valence-electron chi connectivity index (χ4n) is 2.46. The van der Waals surface area contributed by atoms with E-state index in [1.54, 1.807) is 4.57 Å². The normalized spacial score (nSPS) is 11.3. The molecule has 3 aromatic heterocycles. The van der Waals surface area contributed by atoms with Crippen molar-refractivity contribution in [3.63, 3.8) is 0 Å². The molecule has 3 rings (SSSR count). The lowest BCUT2D eigenvalue weighted by Crippen LogP contribution is -2.22. The van der Waals surface area contributed by atoms with Crippen LogP contribution in [0.25, 0.3) is 10.2 Å². The Morgan fingerprint density at radius 3 is 2.90 bits per heavy atom. The predicted molar refractivity (Wildman–Crippen MR) is 87.6 cm³/mol. The van der Waals surface area contributed by atoms with Crippen molar-refractivity contribution >= 4 is 33.8 Å². The summed E-state index contributed by atoms with van der Waals surface area (Å²) >= 11 is 6.78. The zero-order valence-corrected chi connectivity index (χ0v) is 13.6. The number of hydrogen-bond donors (Lipinski definition) is 1. The Hall–Kier alpha value is -1.73. The van der Waals surface area contributed by atoms with Crippen molar-refractivity contribution in [2.45, 2.75) is 33.4 Å². The molecule has 110 valence electrons. The molecule has 0 spiro atoms. The van der Waals surface area contributed by atoms with Crippen LogP contribution >= 0.6 is 23.6 Å². The first-order chi connectivity index (χ1) is 10.1. The van der Waals surface area contributed by atoms with Crippen molar-refractivity contribution in [1.29, 1.82) is 0 Å². The van der Waals surface area contributed by atoms with Gasteiger partial charge >= 0.3 is 0 Å². The van der Waals surface area contributed by atoms with Crippen LogP contribution in [0, 0.1) is 18.6 Å². The average Bonchev–Trinajstić information content (AvgIpc) is 3.00. The number of fused-ring (bicyclic) bond motifs is 1. The Morgan fingerprint density at radius 2 is 2.19 bits per heavy atom. The maximum Gasteiger partial charge on any atom is 0.263 e. The Balaban J connectivity index is 1.81. The first-order valence-corrected chi connectivity index (χ1v) is 8.06. The minimum atomic E-state index is -0.0108. The summed E-state index contributed by atoms with van der Waals surface area (Å²) in [6.07, 6.45) is 0.814. The molecule has 0 unspecified atom stereocenters. The fourth-order valence-corrected chi connectivity index (χ4v) is 3.58. The van der Waals surface area contributed by atoms with Crippen LogP contribution in [0.2, 0.25) is 0 Å². The Kier molecular flexibility index (Phi) is 3.77. The van der Waals surface area contributed by atoms with E-state index in [0.717, 1.165) is 29.2 Å². The first-order valence-electron chi connectivity index (χ1n) is 6.77. The van der Waals surface area contributed by atoms with Gasteiger partial charge in [0.05, 0.1) is 11.1 Å². The Labute approximate surface area is 130 Å². The van der Waals surface area contributed by atoms with E-state index in [0.29, 0.717) is 16.7 Å². The summed E-state index contributed by atoms with van der Waals surface area (Å²) in [7, 11) is 0. The van der Waals surface area contributed by atoms with Crippen molar-refractivity contribution in [2.24, 2.45) is 0 Å². The zero-order valence-electron chi connectivity index (χ0n) is 11.9. The molecule has 0 saturated carbocycles. The van der Waals surface area contributed by atoms with Gasteiger partial charge in [-0.2, -0.15) is 5.10 Å². The van der Waals surface area contributed by atoms with Crippen LogP contribution in [0.3, 0.4) is 0 Å². The van der Waals surface area contributed by atoms with Gasteiger partial charge in [-0.05, 0) is 50.0 Å². The van der Waals surface area contributed by atoms with E-state index in [-0.39, 0.29) is 5.56 Å². The van der Waals surface area contributed by atoms with Gasteiger partial charge in [0, 0.05) is 18.8 Å². The summed E-state index contributed by atoms with van der Waals surface area (Å²) in [4.78, 5) is 16.3. The molecule has 0 radical (unpaired) electrons. The summed E-state index contributed by atoms with van der Waals surface area (Å²) in [6, 6.07) is 3.89. The highest BCUT2D eigenvalue weighted by molar-refractivity contribution is 7.71. The van der Waals surface area contributed by atoms with Gasteiger partial charge in [0.1, 0.15) is 4.83 Å². The second-order valence-electron chi connectivity index (χ2n) is 5.05. The Bertz CT molecular complexity index is 900. The van der Waals surface area contributed by atoms with E-state index in [2.05, 4.69) is 16.1 Å². The summed E-state index contributed by atoms with van der Waals surface area (Å²) in [6.45, 7) is 5.39. The van der Waals surface area contributed by atoms with E-state index in [1.807, 2.05) is 30.0 Å². The smallest absolute Gasteiger partial charge is 0.263 e. The number of nitrogens with zero attached hydrogens (tertiary/aromatic N) is 3. The second-order valence-corrected chi connectivity index (χ2v) is 6.36. The number of aromatic amines is 1. The minimum Gasteiger partial charge on any atom is -0.323 e. The zero-order chi connectivity index (χ0) is 15.0. The molecular weight excluding hydrogens is 304 g/mol. The molecule has 21 heavy (non-hydrogen) atoms. The topological polar surface area (TPSA) is 55.6 Å². The third-order valence-corrected chi connectivity index (χ3v) is 4.61. The van der Waals surface area contributed by atoms with Crippen molar-refractivity contribution < 1.29 is 0 Å². The van der Waals surface area contributed by atoms with Crippen LogP contribution in [0.5, 0.6) is 0 Å². The molecular formula is C14H16N4OS2. The number of H-pyrrole nitrogens is 1. The van der Waals surface area contributed by atoms with Crippen LogP contribution in [-0.4, -0.2) is 19.3 Å². The van der Waals surface area contributed by atoms with Crippen LogP contribution < -0.4 is 5.56 Å². The summed E-state index contributed by atoms with van der Waals surface area (Å²) in [5.74, 6) is 0. The van der Waals surface area contributed by atoms with Gasteiger partial charge in [-0.15, -0.1) is 11.3 Å². The molecule has 3 aromatic rings. The number of aryl methyl sites for hydroxylation is 3. The van der Waals surface area contributed by atoms with E-state index < -0.39 is 0 Å². The molecule has 0 bridgehead atoms. The average molecular weight is 320 g/mol. The lowest BCUT2D eigenvalue weighted by Gasteiger charge is -2.07. The fraction of sp³-hybridized carbons (Fsp3) is 0.357. The monoisotopic (exact) mass is 320 g/mol. The molecule has 0 atom stereocenters. The number of nitrogens with one attached hydrogen (secondary N) is 1. The molecule has 0 aliphatic carbocycles. The lowest BCUT2D eigenvalue weighted by molar-refractivity contribution is 0.506. The molecule has 0 aromatic carbocycles. The molecule has 1 N–H and O–H groups in total. The van der Waals surface area contributed by atoms with Gasteiger partial charge in [-0.25, -0.2) is 0 Å². The number of hydrogen-bond acceptors (Lipinski definition) is 4. The van der Waals surface area contributed by atoms with E-state index in [9.17, 15) is 4.79 Å². The summed E-state index contributed by atoms with van der Waals surface area (Å²) in [5.41, 5.74) is 2.14. The van der Waals surface area contributed by atoms with Crippen LogP contribution in [0.1, 0.15) is 17.8 Å². The quantitative estimate of drug-likeness (QED) is 0.752. The number of aromatic nitrogens is 4. The first kappa shape index (κ1) is 14.2. The molecule has 7 heteroatoms. The van der Waals surface area contributed by atoms with Crippen molar-refractivity contribution in [1.82, 2.24) is 19.3 Å². The van der Waals surface area contributed by atoms with Gasteiger partial charge in [0.25, 0.3) is 5.56 Å². The van der Waals surface area contributed by atoms with Gasteiger partial charge in [0.2, 0.25) is 0 Å². The van der Waals surface area contributed by atoms with Crippen molar-refractivity contribution in [2.75, 3.05) is 0 Å². The lowest BCUT2D eigenvalue weighted by atomic mass is 10.3. The van der Waals surface area contributed by atoms with Crippen molar-refractivity contribution in [3.8, 4) is 0 Å². The molecule has 0 saturated heterocycles. The second kappa shape index (κ2) is 5.57. The summed E-state index contributed by atoms with van der Waals surface area (Å²) < 4.78 is 4.09. The SMILES string of the molecule is Cc1cc(C)n(CCCn2c(=S)[nH]c3sccc3c2=O)n1. The predicted octanol–water partition coefficient (Wildman–Crippen LogP) is 3.02. The van der Waals surface area contributed by atoms with Crippen LogP contribution in [0.4, 0.5) is 0 Å². The van der Waals surface area contributed by atoms with Crippen molar-refractivity contribution in [3.05, 3.63) is 44.0 Å². The maximum atomic E-state index is 12.4. The third-order valence-electron chi connectivity index (χ3n) is 3.46. The molecule has 3 heterocycles. The van der Waals surface area contributed by atoms with E-state index in [4.69, 9.17) is 12.2 Å². The van der Waals surface area contributed by atoms with Gasteiger partial charge in [-0.3, -0.25) is 14.0 Å². The highest BCUT2D eigenvalue weighted by atomic mass is 32.1. The molecule has 0 aliphatic rings. The van der Waals surface area contributed by atoms with Gasteiger partial charge in [-0.1, -0.05) is 0 Å². The summed E-state index contributed by atoms with van der Waals surface area (Å²) in [5, 5.41) is 7.03. The minimum absolute atomic E-state index is 0.0108. The molecule has 0 aliphatic heterocycles. The standard InChI is InChI=1S/C14H16N4OS2/c1-9-8-10(2)18(16-9)6-3-5-17-13(19)11-4-7-21-12(11)15-14(17)20/h4,7-8H,3,5-6H2,1-2H3,(H,15,20). The number of rotatable bonds is 4. The highest BCUT2D eigenvalue weighted by Crippen LogP contribution is 2.14. The van der Waals surface area contributed by atoms with E-state index >= 15 is 0 Å². The third kappa shape index (κ3) is 2.71. The van der Waals surface area contributed by atoms with E-state index in [1.165, 1.54) is 11.3 Å². The largest absolute Gasteiger partial charge is 0.323 e. The molecule has 0 fully saturated rings. The molecule has 5 nitrogen and oxygen atoms in total. The van der Waals surface area contributed by atoms with Gasteiger partial charge in [0.15, 0.2) is 4.77 Å². The Morgan fingerprint density at radius 1 is 1.38 bits per heavy atom. The highest BCUT2D eigenvalue weighted by Gasteiger charge is 2.07. The molecule has 0 amide bonds. The maximum absolute atomic E-state index is 12.4.